The van der Waals surface area contributed by atoms with Crippen molar-refractivity contribution >= 4 is 39.0 Å². The molecule has 2 aliphatic heterocycles. The summed E-state index contributed by atoms with van der Waals surface area (Å²) in [5.41, 5.74) is 5.99. The second-order valence-corrected chi connectivity index (χ2v) is 14.2. The Morgan fingerprint density at radius 2 is 1.70 bits per heavy atom. The molecule has 0 saturated heterocycles. The Morgan fingerprint density at radius 1 is 0.955 bits per heavy atom. The molecule has 0 spiro atoms. The summed E-state index contributed by atoms with van der Waals surface area (Å²) in [6.45, 7) is 4.65. The number of likely N-dealkylation sites (N-methyl/N-ethyl adjacent to an activating group) is 1. The SMILES string of the molecule is COc1ccc2c(c1)C=C1Cn3c-2c(C2CCCCC2)c2ccc(cc23)C(=O)NS(=O)(=O)N(C(C)C)CCCCN(C)C1=O. The number of hydrogen-bond donors (Lipinski definition) is 1. The van der Waals surface area contributed by atoms with Crippen LogP contribution >= 0.6 is 0 Å². The largest absolute Gasteiger partial charge is 0.497 e. The first-order chi connectivity index (χ1) is 21.1. The van der Waals surface area contributed by atoms with Crippen molar-refractivity contribution in [3.05, 3.63) is 58.7 Å². The molecule has 6 rings (SSSR count). The zero-order valence-corrected chi connectivity index (χ0v) is 26.9. The van der Waals surface area contributed by atoms with Gasteiger partial charge >= 0.3 is 10.2 Å². The summed E-state index contributed by atoms with van der Waals surface area (Å²) in [6, 6.07) is 11.2. The third-order valence-electron chi connectivity index (χ3n) is 9.40. The number of fused-ring (bicyclic) bond motifs is 4. The molecule has 0 radical (unpaired) electrons. The monoisotopic (exact) mass is 618 g/mol. The summed E-state index contributed by atoms with van der Waals surface area (Å²) >= 11 is 0. The van der Waals surface area contributed by atoms with E-state index in [1.165, 1.54) is 16.3 Å². The molecule has 44 heavy (non-hydrogen) atoms. The van der Waals surface area contributed by atoms with Crippen LogP contribution in [0.25, 0.3) is 28.2 Å². The summed E-state index contributed by atoms with van der Waals surface area (Å²) < 4.78 is 38.2. The lowest BCUT2D eigenvalue weighted by atomic mass is 9.81. The van der Waals surface area contributed by atoms with Gasteiger partial charge in [0.15, 0.2) is 0 Å². The highest BCUT2D eigenvalue weighted by atomic mass is 32.2. The van der Waals surface area contributed by atoms with Crippen LogP contribution in [0.15, 0.2) is 42.0 Å². The number of ether oxygens (including phenoxy) is 1. The number of amides is 2. The van der Waals surface area contributed by atoms with Crippen molar-refractivity contribution in [1.82, 2.24) is 18.5 Å². The Bertz CT molecular complexity index is 1750. The number of carbonyl (C=O) groups excluding carboxylic acids is 2. The molecule has 2 amide bonds. The van der Waals surface area contributed by atoms with Gasteiger partial charge in [-0.3, -0.25) is 9.59 Å². The molecule has 9 nitrogen and oxygen atoms in total. The fourth-order valence-corrected chi connectivity index (χ4v) is 8.56. The summed E-state index contributed by atoms with van der Waals surface area (Å²) in [5.74, 6) is 0.329. The van der Waals surface area contributed by atoms with E-state index in [0.29, 0.717) is 37.4 Å². The lowest BCUT2D eigenvalue weighted by molar-refractivity contribution is -0.126. The molecule has 4 bridgehead atoms. The minimum Gasteiger partial charge on any atom is -0.497 e. The van der Waals surface area contributed by atoms with Gasteiger partial charge in [-0.25, -0.2) is 4.72 Å². The first kappa shape index (κ1) is 30.4. The highest BCUT2D eigenvalue weighted by molar-refractivity contribution is 7.87. The summed E-state index contributed by atoms with van der Waals surface area (Å²) in [5, 5.41) is 1.04. The zero-order valence-electron chi connectivity index (χ0n) is 26.1. The van der Waals surface area contributed by atoms with Crippen molar-refractivity contribution in [2.24, 2.45) is 0 Å². The van der Waals surface area contributed by atoms with Crippen LogP contribution in [-0.2, 0) is 21.5 Å². The van der Waals surface area contributed by atoms with Crippen molar-refractivity contribution in [1.29, 1.82) is 0 Å². The smallest absolute Gasteiger partial charge is 0.304 e. The Morgan fingerprint density at radius 3 is 2.43 bits per heavy atom. The van der Waals surface area contributed by atoms with Crippen LogP contribution in [0.2, 0.25) is 0 Å². The molecule has 3 heterocycles. The molecule has 1 aliphatic carbocycles. The number of methoxy groups -OCH3 is 1. The molecule has 3 aromatic rings. The number of nitrogens with zero attached hydrogens (tertiary/aromatic N) is 3. The molecular formula is C34H42N4O5S. The fraction of sp³-hybridized carbons (Fsp3) is 0.471. The number of carbonyl (C=O) groups is 2. The van der Waals surface area contributed by atoms with Gasteiger partial charge in [0.25, 0.3) is 11.8 Å². The minimum atomic E-state index is -4.08. The van der Waals surface area contributed by atoms with E-state index in [4.69, 9.17) is 4.74 Å². The van der Waals surface area contributed by atoms with Crippen LogP contribution in [0.5, 0.6) is 5.75 Å². The zero-order chi connectivity index (χ0) is 31.2. The lowest BCUT2D eigenvalue weighted by Gasteiger charge is -2.26. The lowest BCUT2D eigenvalue weighted by Crippen LogP contribution is -2.47. The molecule has 0 atom stereocenters. The highest BCUT2D eigenvalue weighted by Gasteiger charge is 2.32. The van der Waals surface area contributed by atoms with E-state index in [1.54, 1.807) is 45.0 Å². The highest BCUT2D eigenvalue weighted by Crippen LogP contribution is 2.47. The maximum Gasteiger partial charge on any atom is 0.304 e. The van der Waals surface area contributed by atoms with Crippen LogP contribution < -0.4 is 9.46 Å². The van der Waals surface area contributed by atoms with Gasteiger partial charge in [0.1, 0.15) is 5.75 Å². The number of hydrogen-bond acceptors (Lipinski definition) is 5. The molecule has 0 unspecified atom stereocenters. The first-order valence-corrected chi connectivity index (χ1v) is 17.2. The first-order valence-electron chi connectivity index (χ1n) is 15.7. The Labute approximate surface area is 260 Å². The van der Waals surface area contributed by atoms with E-state index >= 15 is 0 Å². The maximum absolute atomic E-state index is 14.0. The van der Waals surface area contributed by atoms with Gasteiger partial charge in [0, 0.05) is 53.8 Å². The van der Waals surface area contributed by atoms with Crippen LogP contribution in [0, 0.1) is 0 Å². The molecule has 10 heteroatoms. The van der Waals surface area contributed by atoms with E-state index in [0.717, 1.165) is 59.2 Å². The molecule has 234 valence electrons. The average Bonchev–Trinajstić information content (AvgIpc) is 3.22. The normalized spacial score (nSPS) is 20.1. The van der Waals surface area contributed by atoms with Crippen molar-refractivity contribution in [2.45, 2.75) is 77.3 Å². The minimum absolute atomic E-state index is 0.0676. The van der Waals surface area contributed by atoms with Gasteiger partial charge < -0.3 is 14.2 Å². The summed E-state index contributed by atoms with van der Waals surface area (Å²) in [6.07, 6.45) is 8.84. The number of benzene rings is 2. The van der Waals surface area contributed by atoms with Crippen LogP contribution in [-0.4, -0.2) is 67.3 Å². The van der Waals surface area contributed by atoms with Gasteiger partial charge in [0.05, 0.1) is 19.3 Å². The van der Waals surface area contributed by atoms with E-state index in [1.807, 2.05) is 24.3 Å². The fourth-order valence-electron chi connectivity index (χ4n) is 7.17. The van der Waals surface area contributed by atoms with Gasteiger partial charge in [-0.15, -0.1) is 0 Å². The standard InChI is InChI=1S/C34H42N4O5S/c1-22(2)38-17-9-8-16-36(3)34(40)26-18-25-19-27(43-4)13-15-28(25)32-31(23-10-6-5-7-11-23)29-14-12-24(20-30(29)37(32)21-26)33(39)35-44(38,41)42/h12-15,18-20,22-23H,5-11,16-17,21H2,1-4H3,(H,35,39). The molecule has 1 N–H and O–H groups in total. The average molecular weight is 619 g/mol. The van der Waals surface area contributed by atoms with E-state index in [9.17, 15) is 18.0 Å². The number of rotatable bonds is 3. The summed E-state index contributed by atoms with van der Waals surface area (Å²) in [7, 11) is -0.628. The van der Waals surface area contributed by atoms with Gasteiger partial charge in [-0.2, -0.15) is 12.7 Å². The van der Waals surface area contributed by atoms with Crippen molar-refractivity contribution in [3.63, 3.8) is 0 Å². The quantitative estimate of drug-likeness (QED) is 0.406. The number of aromatic nitrogens is 1. The topological polar surface area (TPSA) is 101 Å². The molecule has 3 aliphatic rings. The van der Waals surface area contributed by atoms with E-state index in [2.05, 4.69) is 15.4 Å². The van der Waals surface area contributed by atoms with Gasteiger partial charge in [0.2, 0.25) is 0 Å². The van der Waals surface area contributed by atoms with Gasteiger partial charge in [-0.1, -0.05) is 25.3 Å². The van der Waals surface area contributed by atoms with Crippen molar-refractivity contribution in [3.8, 4) is 17.0 Å². The van der Waals surface area contributed by atoms with E-state index < -0.39 is 16.1 Å². The predicted octanol–water partition coefficient (Wildman–Crippen LogP) is 5.70. The molecule has 2 aromatic carbocycles. The second kappa shape index (κ2) is 12.0. The molecule has 1 saturated carbocycles. The molecular weight excluding hydrogens is 576 g/mol. The van der Waals surface area contributed by atoms with Crippen molar-refractivity contribution in [2.75, 3.05) is 27.2 Å². The Hall–Kier alpha value is -3.63. The van der Waals surface area contributed by atoms with Gasteiger partial charge in [-0.05, 0) is 93.0 Å². The summed E-state index contributed by atoms with van der Waals surface area (Å²) in [4.78, 5) is 29.3. The Balaban J connectivity index is 1.61. The predicted molar refractivity (Wildman–Crippen MR) is 173 cm³/mol. The van der Waals surface area contributed by atoms with Crippen LogP contribution in [0.4, 0.5) is 0 Å². The van der Waals surface area contributed by atoms with E-state index in [-0.39, 0.29) is 24.1 Å². The third-order valence-corrected chi connectivity index (χ3v) is 11.1. The second-order valence-electron chi connectivity index (χ2n) is 12.6. The molecule has 1 aromatic heterocycles. The maximum atomic E-state index is 14.0. The van der Waals surface area contributed by atoms with Crippen molar-refractivity contribution < 1.29 is 22.7 Å². The van der Waals surface area contributed by atoms with Crippen LogP contribution in [0.1, 0.15) is 86.2 Å². The Kier molecular flexibility index (Phi) is 8.32. The van der Waals surface area contributed by atoms with Crippen LogP contribution in [0.3, 0.4) is 0 Å². The third kappa shape index (κ3) is 5.54. The number of nitrogens with one attached hydrogen (secondary N) is 1. The molecule has 1 fully saturated rings.